The minimum Gasteiger partial charge on any atom is -0.726 e. The van der Waals surface area contributed by atoms with Crippen LogP contribution in [0.15, 0.2) is 30.5 Å². The summed E-state index contributed by atoms with van der Waals surface area (Å²) in [5.41, 5.74) is 0.215. The molecule has 0 amide bonds. The minimum absolute atomic E-state index is 0. The molecule has 0 unspecified atom stereocenters. The zero-order chi connectivity index (χ0) is 26.9. The van der Waals surface area contributed by atoms with Crippen LogP contribution in [0.25, 0.3) is 0 Å². The van der Waals surface area contributed by atoms with Gasteiger partial charge in [0.05, 0.1) is 27.4 Å². The van der Waals surface area contributed by atoms with Crippen LogP contribution in [-0.2, 0) is 19.3 Å². The molecular weight excluding hydrogens is 527 g/mol. The Bertz CT molecular complexity index is 1070. The molecule has 1 heterocycles. The van der Waals surface area contributed by atoms with E-state index in [2.05, 4.69) is 14.2 Å². The van der Waals surface area contributed by atoms with Crippen molar-refractivity contribution < 1.29 is 70.5 Å². The Morgan fingerprint density at radius 2 is 1.47 bits per heavy atom. The summed E-state index contributed by atoms with van der Waals surface area (Å²) >= 11 is 0. The van der Waals surface area contributed by atoms with Gasteiger partial charge in [-0.1, -0.05) is 51.4 Å². The first-order valence-corrected chi connectivity index (χ1v) is 13.7. The Morgan fingerprint density at radius 1 is 0.868 bits per heavy atom. The first kappa shape index (κ1) is 34.1. The van der Waals surface area contributed by atoms with E-state index in [-0.39, 0.29) is 53.5 Å². The topological polar surface area (TPSA) is 146 Å². The Kier molecular flexibility index (Phi) is 17.2. The number of unbranched alkanes of at least 4 members (excludes halogenated alkanes) is 9. The van der Waals surface area contributed by atoms with E-state index >= 15 is 0 Å². The van der Waals surface area contributed by atoms with E-state index in [4.69, 9.17) is 18.9 Å². The van der Waals surface area contributed by atoms with E-state index in [9.17, 15) is 17.8 Å². The van der Waals surface area contributed by atoms with Gasteiger partial charge in [0.1, 0.15) is 17.1 Å². The average Bonchev–Trinajstić information content (AvgIpc) is 2.88. The zero-order valence-electron chi connectivity index (χ0n) is 22.3. The summed E-state index contributed by atoms with van der Waals surface area (Å²) < 4.78 is 56.6. The predicted octanol–water partition coefficient (Wildman–Crippen LogP) is 1.82. The van der Waals surface area contributed by atoms with Crippen molar-refractivity contribution in [1.29, 1.82) is 0 Å². The normalized spacial score (nSPS) is 10.9. The van der Waals surface area contributed by atoms with Crippen molar-refractivity contribution >= 4 is 16.4 Å². The third-order valence-electron chi connectivity index (χ3n) is 5.42. The van der Waals surface area contributed by atoms with Crippen LogP contribution in [0.4, 0.5) is 0 Å². The number of esters is 1. The molecule has 0 saturated carbocycles. The summed E-state index contributed by atoms with van der Waals surface area (Å²) in [7, 11) is -1.58. The van der Waals surface area contributed by atoms with E-state index in [1.54, 1.807) is 24.3 Å². The van der Waals surface area contributed by atoms with Gasteiger partial charge >= 0.3 is 41.5 Å². The van der Waals surface area contributed by atoms with Gasteiger partial charge in [-0.3, -0.25) is 4.18 Å². The number of carbonyl (C=O) groups is 1. The molecule has 0 aliphatic heterocycles. The standard InChI is InChI=1S/C25H36N2O9S.Na/c1-32-20-13-14-22(36-25-26-16-15-23(27-25)33-2)21(19-20)24(28)34-17-11-9-7-5-3-4-6-8-10-12-18-35-37(29,30)31;/h13-16,19H,3-12,17-18H2,1-2H3,(H,29,30,31);/q;+1/p-1. The summed E-state index contributed by atoms with van der Waals surface area (Å²) in [6.45, 7) is 0.255. The fourth-order valence-electron chi connectivity index (χ4n) is 3.49. The van der Waals surface area contributed by atoms with Crippen LogP contribution in [-0.4, -0.2) is 56.3 Å². The first-order chi connectivity index (χ1) is 17.8. The number of aromatic nitrogens is 2. The zero-order valence-corrected chi connectivity index (χ0v) is 25.2. The summed E-state index contributed by atoms with van der Waals surface area (Å²) in [6.07, 6.45) is 11.0. The molecule has 0 fully saturated rings. The quantitative estimate of drug-likeness (QED) is 0.0812. The van der Waals surface area contributed by atoms with Crippen LogP contribution in [0.2, 0.25) is 0 Å². The first-order valence-electron chi connectivity index (χ1n) is 12.3. The Morgan fingerprint density at radius 3 is 2.05 bits per heavy atom. The molecule has 206 valence electrons. The van der Waals surface area contributed by atoms with Gasteiger partial charge in [-0.25, -0.2) is 18.2 Å². The number of hydrogen-bond acceptors (Lipinski definition) is 11. The van der Waals surface area contributed by atoms with Crippen LogP contribution in [0, 0.1) is 0 Å². The summed E-state index contributed by atoms with van der Waals surface area (Å²) in [5, 5.41) is 0. The molecule has 0 radical (unpaired) electrons. The summed E-state index contributed by atoms with van der Waals surface area (Å²) in [5.74, 6) is 0.566. The number of carbonyl (C=O) groups excluding carboxylic acids is 1. The molecule has 0 bridgehead atoms. The Labute approximate surface area is 246 Å². The van der Waals surface area contributed by atoms with Crippen LogP contribution in [0.5, 0.6) is 23.4 Å². The van der Waals surface area contributed by atoms with Gasteiger partial charge < -0.3 is 23.5 Å². The second kappa shape index (κ2) is 19.2. The van der Waals surface area contributed by atoms with Gasteiger partial charge in [0.15, 0.2) is 0 Å². The minimum atomic E-state index is -4.57. The number of methoxy groups -OCH3 is 2. The van der Waals surface area contributed by atoms with Crippen molar-refractivity contribution in [2.75, 3.05) is 27.4 Å². The maximum absolute atomic E-state index is 12.7. The molecule has 0 saturated heterocycles. The number of rotatable bonds is 19. The van der Waals surface area contributed by atoms with Gasteiger partial charge in [0, 0.05) is 12.3 Å². The van der Waals surface area contributed by atoms with E-state index in [1.165, 1.54) is 20.4 Å². The van der Waals surface area contributed by atoms with Crippen LogP contribution >= 0.6 is 0 Å². The largest absolute Gasteiger partial charge is 1.00 e. The third kappa shape index (κ3) is 14.3. The molecule has 0 spiro atoms. The monoisotopic (exact) mass is 562 g/mol. The molecule has 2 aromatic rings. The fourth-order valence-corrected chi connectivity index (χ4v) is 3.81. The smallest absolute Gasteiger partial charge is 0.726 e. The van der Waals surface area contributed by atoms with Crippen LogP contribution in [0.1, 0.15) is 74.6 Å². The molecule has 0 N–H and O–H groups in total. The molecule has 38 heavy (non-hydrogen) atoms. The molecule has 0 aliphatic carbocycles. The van der Waals surface area contributed by atoms with E-state index in [0.717, 1.165) is 57.8 Å². The molecule has 1 aromatic heterocycles. The second-order valence-corrected chi connectivity index (χ2v) is 9.30. The number of benzene rings is 1. The second-order valence-electron chi connectivity index (χ2n) is 8.25. The van der Waals surface area contributed by atoms with E-state index in [0.29, 0.717) is 24.7 Å². The maximum atomic E-state index is 12.7. The fraction of sp³-hybridized carbons (Fsp3) is 0.560. The third-order valence-corrected chi connectivity index (χ3v) is 5.88. The Hall–Kier alpha value is -1.96. The molecule has 0 aliphatic rings. The van der Waals surface area contributed by atoms with Crippen molar-refractivity contribution in [3.8, 4) is 23.4 Å². The van der Waals surface area contributed by atoms with Gasteiger partial charge in [-0.15, -0.1) is 0 Å². The van der Waals surface area contributed by atoms with Gasteiger partial charge in [0.25, 0.3) is 0 Å². The molecule has 1 aromatic carbocycles. The van der Waals surface area contributed by atoms with Crippen molar-refractivity contribution in [2.45, 2.75) is 64.2 Å². The average molecular weight is 563 g/mol. The molecule has 0 atom stereocenters. The van der Waals surface area contributed by atoms with Crippen molar-refractivity contribution in [1.82, 2.24) is 9.97 Å². The SMILES string of the molecule is COc1ccc(Oc2nccc(OC)n2)c(C(=O)OCCCCCCCCCCCCOS(=O)(=O)[O-])c1.[Na+]. The van der Waals surface area contributed by atoms with Crippen molar-refractivity contribution in [3.63, 3.8) is 0 Å². The maximum Gasteiger partial charge on any atom is 1.00 e. The van der Waals surface area contributed by atoms with Gasteiger partial charge in [0.2, 0.25) is 16.3 Å². The van der Waals surface area contributed by atoms with Gasteiger partial charge in [-0.2, -0.15) is 4.98 Å². The predicted molar refractivity (Wildman–Crippen MR) is 134 cm³/mol. The summed E-state index contributed by atoms with van der Waals surface area (Å²) in [4.78, 5) is 20.9. The van der Waals surface area contributed by atoms with Gasteiger partial charge in [-0.05, 0) is 31.0 Å². The van der Waals surface area contributed by atoms with E-state index in [1.807, 2.05) is 0 Å². The molecule has 2 rings (SSSR count). The van der Waals surface area contributed by atoms with Crippen molar-refractivity contribution in [2.24, 2.45) is 0 Å². The van der Waals surface area contributed by atoms with E-state index < -0.39 is 16.4 Å². The number of hydrogen-bond donors (Lipinski definition) is 0. The summed E-state index contributed by atoms with van der Waals surface area (Å²) in [6, 6.07) is 6.45. The number of nitrogens with zero attached hydrogens (tertiary/aromatic N) is 2. The molecule has 11 nitrogen and oxygen atoms in total. The molecule has 13 heteroatoms. The van der Waals surface area contributed by atoms with Crippen LogP contribution in [0.3, 0.4) is 0 Å². The Balaban J connectivity index is 0.00000722. The van der Waals surface area contributed by atoms with Crippen LogP contribution < -0.4 is 43.8 Å². The van der Waals surface area contributed by atoms with Crippen molar-refractivity contribution in [3.05, 3.63) is 36.0 Å². The number of ether oxygens (including phenoxy) is 4. The molecular formula is C25H35N2NaO9S.